The Morgan fingerprint density at radius 2 is 1.08 bits per heavy atom. The highest BCUT2D eigenvalue weighted by atomic mass is 16.5. The summed E-state index contributed by atoms with van der Waals surface area (Å²) in [5.74, 6) is 1.10. The van der Waals surface area contributed by atoms with Gasteiger partial charge in [-0.3, -0.25) is 0 Å². The van der Waals surface area contributed by atoms with Gasteiger partial charge in [-0.15, -0.1) is 0 Å². The fraction of sp³-hybridized carbons (Fsp3) is 0.531. The lowest BCUT2D eigenvalue weighted by molar-refractivity contribution is 0.281. The molecule has 0 radical (unpaired) electrons. The summed E-state index contributed by atoms with van der Waals surface area (Å²) in [7, 11) is 0. The first kappa shape index (κ1) is 28.6. The minimum atomic E-state index is 0.140. The van der Waals surface area contributed by atoms with Crippen molar-refractivity contribution in [1.29, 1.82) is 0 Å². The molecule has 0 saturated heterocycles. The molecule has 0 fully saturated rings. The molecule has 1 N–H and O–H groups in total. The number of para-hydroxylation sites is 1. The number of phenolic OH excluding ortho intramolecular Hbond substituents is 1. The molecule has 1 heterocycles. The van der Waals surface area contributed by atoms with E-state index in [-0.39, 0.29) is 5.75 Å². The zero-order chi connectivity index (χ0) is 26.0. The molecule has 1 aromatic heterocycles. The van der Waals surface area contributed by atoms with Gasteiger partial charge in [0.2, 0.25) is 0 Å². The number of hydrogen-bond acceptors (Lipinski definition) is 5. The predicted molar refractivity (Wildman–Crippen MR) is 153 cm³/mol. The number of nitrogens with zero attached hydrogens (tertiary/aromatic N) is 3. The molecule has 0 aliphatic heterocycles. The largest absolute Gasteiger partial charge is 0.507 e. The van der Waals surface area contributed by atoms with Gasteiger partial charge in [0, 0.05) is 5.56 Å². The van der Waals surface area contributed by atoms with E-state index in [4.69, 9.17) is 4.74 Å². The van der Waals surface area contributed by atoms with Crippen LogP contribution in [-0.2, 0) is 0 Å². The molecule has 37 heavy (non-hydrogen) atoms. The van der Waals surface area contributed by atoms with Crippen LogP contribution >= 0.6 is 0 Å². The first-order valence-electron chi connectivity index (χ1n) is 14.5. The minimum Gasteiger partial charge on any atom is -0.507 e. The molecule has 0 bridgehead atoms. The molecule has 3 aromatic rings. The van der Waals surface area contributed by atoms with Crippen molar-refractivity contribution in [3.63, 3.8) is 0 Å². The lowest BCUT2D eigenvalue weighted by Crippen LogP contribution is -2.05. The average molecular weight is 504 g/mol. The zero-order valence-corrected chi connectivity index (χ0v) is 22.7. The van der Waals surface area contributed by atoms with Crippen LogP contribution in [0.1, 0.15) is 103 Å². The smallest absolute Gasteiger partial charge is 0.320 e. The van der Waals surface area contributed by atoms with Gasteiger partial charge in [-0.05, 0) is 18.6 Å². The van der Waals surface area contributed by atoms with Crippen LogP contribution in [0.4, 0.5) is 0 Å². The zero-order valence-electron chi connectivity index (χ0n) is 22.7. The number of benzene rings is 2. The Morgan fingerprint density at radius 1 is 0.568 bits per heavy atom. The van der Waals surface area contributed by atoms with Crippen LogP contribution in [0.3, 0.4) is 0 Å². The molecule has 0 unspecified atom stereocenters. The summed E-state index contributed by atoms with van der Waals surface area (Å²) in [5, 5.41) is 10.3. The second kappa shape index (κ2) is 17.5. The molecule has 3 rings (SSSR count). The third-order valence-corrected chi connectivity index (χ3v) is 6.77. The SMILES string of the molecule is CCCCCCCCCCCCCCCCCOc1nc(-c2ccccc2)nc(-c2ccccc2O)n1. The van der Waals surface area contributed by atoms with Gasteiger partial charge in [0.05, 0.1) is 12.2 Å². The maximum atomic E-state index is 10.3. The average Bonchev–Trinajstić information content (AvgIpc) is 2.93. The first-order valence-corrected chi connectivity index (χ1v) is 14.5. The van der Waals surface area contributed by atoms with E-state index >= 15 is 0 Å². The number of aromatic hydroxyl groups is 1. The van der Waals surface area contributed by atoms with Crippen molar-refractivity contribution < 1.29 is 9.84 Å². The molecule has 5 nitrogen and oxygen atoms in total. The molecule has 0 atom stereocenters. The molecule has 0 amide bonds. The van der Waals surface area contributed by atoms with Crippen LogP contribution in [-0.4, -0.2) is 26.7 Å². The van der Waals surface area contributed by atoms with Crippen molar-refractivity contribution in [2.75, 3.05) is 6.61 Å². The van der Waals surface area contributed by atoms with Crippen molar-refractivity contribution in [1.82, 2.24) is 15.0 Å². The van der Waals surface area contributed by atoms with Gasteiger partial charge >= 0.3 is 6.01 Å². The fourth-order valence-corrected chi connectivity index (χ4v) is 4.56. The lowest BCUT2D eigenvalue weighted by Gasteiger charge is -2.10. The van der Waals surface area contributed by atoms with Crippen LogP contribution in [0.25, 0.3) is 22.8 Å². The van der Waals surface area contributed by atoms with Gasteiger partial charge in [0.15, 0.2) is 11.6 Å². The van der Waals surface area contributed by atoms with E-state index in [9.17, 15) is 5.11 Å². The maximum absolute atomic E-state index is 10.3. The summed E-state index contributed by atoms with van der Waals surface area (Å²) in [5.41, 5.74) is 1.46. The third-order valence-electron chi connectivity index (χ3n) is 6.77. The predicted octanol–water partition coefficient (Wildman–Crippen LogP) is 9.16. The second-order valence-corrected chi connectivity index (χ2v) is 9.95. The Hall–Kier alpha value is -2.95. The molecule has 0 spiro atoms. The Kier molecular flexibility index (Phi) is 13.5. The molecule has 2 aromatic carbocycles. The molecular formula is C32H45N3O2. The van der Waals surface area contributed by atoms with Gasteiger partial charge < -0.3 is 9.84 Å². The summed E-state index contributed by atoms with van der Waals surface area (Å²) in [6, 6.07) is 17.2. The Morgan fingerprint density at radius 3 is 1.68 bits per heavy atom. The van der Waals surface area contributed by atoms with E-state index in [1.54, 1.807) is 18.2 Å². The van der Waals surface area contributed by atoms with Gasteiger partial charge in [0.1, 0.15) is 5.75 Å². The van der Waals surface area contributed by atoms with Crippen molar-refractivity contribution in [3.8, 4) is 34.5 Å². The maximum Gasteiger partial charge on any atom is 0.320 e. The van der Waals surface area contributed by atoms with E-state index in [1.165, 1.54) is 83.5 Å². The number of phenols is 1. The molecule has 0 aliphatic rings. The molecule has 0 saturated carbocycles. The standard InChI is InChI=1S/C32H45N3O2/c1-2-3-4-5-6-7-8-9-10-11-12-13-14-15-21-26-37-32-34-30(27-22-17-16-18-23-27)33-31(35-32)28-24-19-20-25-29(28)36/h16-20,22-25,36H,2-15,21,26H2,1H3. The first-order chi connectivity index (χ1) is 18.3. The van der Waals surface area contributed by atoms with Crippen LogP contribution in [0.2, 0.25) is 0 Å². The van der Waals surface area contributed by atoms with Gasteiger partial charge in [-0.2, -0.15) is 9.97 Å². The summed E-state index contributed by atoms with van der Waals surface area (Å²) in [6.45, 7) is 2.86. The van der Waals surface area contributed by atoms with E-state index in [0.717, 1.165) is 18.4 Å². The summed E-state index contributed by atoms with van der Waals surface area (Å²) < 4.78 is 5.94. The minimum absolute atomic E-state index is 0.140. The monoisotopic (exact) mass is 503 g/mol. The van der Waals surface area contributed by atoms with Crippen molar-refractivity contribution in [3.05, 3.63) is 54.6 Å². The lowest BCUT2D eigenvalue weighted by atomic mass is 10.0. The highest BCUT2D eigenvalue weighted by Crippen LogP contribution is 2.28. The van der Waals surface area contributed by atoms with E-state index in [1.807, 2.05) is 36.4 Å². The fourth-order valence-electron chi connectivity index (χ4n) is 4.56. The number of unbranched alkanes of at least 4 members (excludes halogenated alkanes) is 14. The van der Waals surface area contributed by atoms with E-state index < -0.39 is 0 Å². The van der Waals surface area contributed by atoms with Crippen molar-refractivity contribution in [2.24, 2.45) is 0 Å². The highest BCUT2D eigenvalue weighted by Gasteiger charge is 2.13. The van der Waals surface area contributed by atoms with Gasteiger partial charge in [-0.25, -0.2) is 4.98 Å². The highest BCUT2D eigenvalue weighted by molar-refractivity contribution is 5.66. The van der Waals surface area contributed by atoms with Gasteiger partial charge in [-0.1, -0.05) is 139 Å². The second-order valence-electron chi connectivity index (χ2n) is 9.95. The number of hydrogen-bond donors (Lipinski definition) is 1. The summed E-state index contributed by atoms with van der Waals surface area (Å²) in [6.07, 6.45) is 20.0. The van der Waals surface area contributed by atoms with E-state index in [0.29, 0.717) is 29.8 Å². The van der Waals surface area contributed by atoms with Crippen LogP contribution in [0, 0.1) is 0 Å². The molecule has 0 aliphatic carbocycles. The molecular weight excluding hydrogens is 458 g/mol. The quantitative estimate of drug-likeness (QED) is 0.165. The molecule has 200 valence electrons. The van der Waals surface area contributed by atoms with E-state index in [2.05, 4.69) is 21.9 Å². The molecule has 5 heteroatoms. The van der Waals surface area contributed by atoms with Crippen LogP contribution in [0.15, 0.2) is 54.6 Å². The Labute approximate surface area is 223 Å². The van der Waals surface area contributed by atoms with Crippen LogP contribution in [0.5, 0.6) is 11.8 Å². The summed E-state index contributed by atoms with van der Waals surface area (Å²) >= 11 is 0. The normalized spacial score (nSPS) is 11.1. The topological polar surface area (TPSA) is 68.1 Å². The van der Waals surface area contributed by atoms with Gasteiger partial charge in [0.25, 0.3) is 0 Å². The van der Waals surface area contributed by atoms with Crippen molar-refractivity contribution >= 4 is 0 Å². The van der Waals surface area contributed by atoms with Crippen molar-refractivity contribution in [2.45, 2.75) is 103 Å². The number of ether oxygens (including phenoxy) is 1. The third kappa shape index (κ3) is 10.9. The Balaban J connectivity index is 1.34. The number of rotatable bonds is 19. The Bertz CT molecular complexity index is 1010. The summed E-state index contributed by atoms with van der Waals surface area (Å²) in [4.78, 5) is 13.6. The number of aromatic nitrogens is 3. The van der Waals surface area contributed by atoms with Crippen LogP contribution < -0.4 is 4.74 Å².